The lowest BCUT2D eigenvalue weighted by Crippen LogP contribution is -1.92. The Morgan fingerprint density at radius 2 is 1.96 bits per heavy atom. The van der Waals surface area contributed by atoms with E-state index in [1.165, 1.54) is 6.33 Å². The zero-order valence-corrected chi connectivity index (χ0v) is 14.8. The minimum absolute atomic E-state index is 0.396. The molecule has 0 aliphatic carbocycles. The lowest BCUT2D eigenvalue weighted by atomic mass is 10.1. The maximum atomic E-state index is 6.26. The Hall–Kier alpha value is -3.45. The molecule has 5 aromatic rings. The number of aromatic amines is 2. The Morgan fingerprint density at radius 3 is 2.85 bits per heavy atom. The third kappa shape index (κ3) is 2.69. The molecule has 0 saturated carbocycles. The van der Waals surface area contributed by atoms with E-state index >= 15 is 0 Å². The number of hydrogen-bond donors (Lipinski definition) is 3. The molecule has 27 heavy (non-hydrogen) atoms. The van der Waals surface area contributed by atoms with Crippen LogP contribution in [0.25, 0.3) is 33.3 Å². The van der Waals surface area contributed by atoms with Gasteiger partial charge in [-0.15, -0.1) is 0 Å². The van der Waals surface area contributed by atoms with Gasteiger partial charge in [-0.05, 0) is 23.8 Å². The van der Waals surface area contributed by atoms with E-state index < -0.39 is 0 Å². The van der Waals surface area contributed by atoms with E-state index in [1.54, 1.807) is 0 Å². The fourth-order valence-corrected chi connectivity index (χ4v) is 3.41. The van der Waals surface area contributed by atoms with Crippen molar-refractivity contribution < 1.29 is 0 Å². The van der Waals surface area contributed by atoms with E-state index in [2.05, 4.69) is 30.1 Å². The minimum atomic E-state index is 0.396. The van der Waals surface area contributed by atoms with Crippen LogP contribution in [-0.2, 0) is 6.42 Å². The Labute approximate surface area is 158 Å². The minimum Gasteiger partial charge on any atom is -0.383 e. The highest BCUT2D eigenvalue weighted by atomic mass is 35.5. The second kappa shape index (κ2) is 6.07. The molecule has 0 fully saturated rings. The standard InChI is InChI=1S/C19H14ClN7/c20-12-4-2-1-3-10(12)8-15-24-13-6-5-11(7-14(13)25-15)17-16-18(21)22-9-23-19(16)27-26-17/h1-7,9H,8H2,(H,24,25)(H3,21,22,23,26,27). The van der Waals surface area contributed by atoms with Gasteiger partial charge in [0, 0.05) is 17.0 Å². The number of rotatable bonds is 3. The molecular formula is C19H14ClN7. The summed E-state index contributed by atoms with van der Waals surface area (Å²) in [5.74, 6) is 1.25. The van der Waals surface area contributed by atoms with E-state index in [-0.39, 0.29) is 0 Å². The largest absolute Gasteiger partial charge is 0.383 e. The van der Waals surface area contributed by atoms with Gasteiger partial charge in [-0.25, -0.2) is 15.0 Å². The lowest BCUT2D eigenvalue weighted by molar-refractivity contribution is 1.04. The van der Waals surface area contributed by atoms with Crippen LogP contribution >= 0.6 is 11.6 Å². The third-order valence-electron chi connectivity index (χ3n) is 4.52. The maximum absolute atomic E-state index is 6.26. The predicted octanol–water partition coefficient (Wildman–Crippen LogP) is 3.72. The van der Waals surface area contributed by atoms with Crippen LogP contribution < -0.4 is 5.73 Å². The van der Waals surface area contributed by atoms with Crippen molar-refractivity contribution in [2.24, 2.45) is 0 Å². The molecule has 8 heteroatoms. The first-order chi connectivity index (χ1) is 13.2. The molecule has 0 amide bonds. The van der Waals surface area contributed by atoms with Crippen LogP contribution in [0.4, 0.5) is 5.82 Å². The topological polar surface area (TPSA) is 109 Å². The van der Waals surface area contributed by atoms with E-state index in [9.17, 15) is 0 Å². The van der Waals surface area contributed by atoms with Gasteiger partial charge in [0.2, 0.25) is 0 Å². The number of imidazole rings is 1. The summed E-state index contributed by atoms with van der Waals surface area (Å²) in [5.41, 5.74) is 11.1. The summed E-state index contributed by atoms with van der Waals surface area (Å²) in [6.07, 6.45) is 2.04. The molecule has 4 N–H and O–H groups in total. The first kappa shape index (κ1) is 15.8. The van der Waals surface area contributed by atoms with Gasteiger partial charge in [0.15, 0.2) is 5.65 Å². The number of nitrogens with two attached hydrogens (primary N) is 1. The van der Waals surface area contributed by atoms with Crippen LogP contribution in [0, 0.1) is 0 Å². The van der Waals surface area contributed by atoms with E-state index in [4.69, 9.17) is 17.3 Å². The Morgan fingerprint density at radius 1 is 1.07 bits per heavy atom. The number of hydrogen-bond acceptors (Lipinski definition) is 5. The number of nitrogen functional groups attached to an aromatic ring is 1. The molecule has 0 saturated heterocycles. The first-order valence-corrected chi connectivity index (χ1v) is 8.74. The van der Waals surface area contributed by atoms with Crippen molar-refractivity contribution in [2.45, 2.75) is 6.42 Å². The van der Waals surface area contributed by atoms with Crippen LogP contribution in [0.5, 0.6) is 0 Å². The Bertz CT molecular complexity index is 1290. The Balaban J connectivity index is 1.57. The highest BCUT2D eigenvalue weighted by molar-refractivity contribution is 6.31. The molecular weight excluding hydrogens is 362 g/mol. The number of nitrogens with zero attached hydrogens (tertiary/aromatic N) is 4. The van der Waals surface area contributed by atoms with Crippen LogP contribution in [0.3, 0.4) is 0 Å². The third-order valence-corrected chi connectivity index (χ3v) is 4.88. The molecule has 0 aliphatic heterocycles. The molecule has 3 aromatic heterocycles. The second-order valence-electron chi connectivity index (χ2n) is 6.24. The van der Waals surface area contributed by atoms with Crippen molar-refractivity contribution in [3.05, 3.63) is 65.2 Å². The van der Waals surface area contributed by atoms with Crippen molar-refractivity contribution in [3.63, 3.8) is 0 Å². The summed E-state index contributed by atoms with van der Waals surface area (Å²) in [6.45, 7) is 0. The van der Waals surface area contributed by atoms with Crippen LogP contribution in [0.15, 0.2) is 48.8 Å². The smallest absolute Gasteiger partial charge is 0.186 e. The number of H-pyrrole nitrogens is 2. The Kier molecular flexibility index (Phi) is 3.54. The fourth-order valence-electron chi connectivity index (χ4n) is 3.21. The lowest BCUT2D eigenvalue weighted by Gasteiger charge is -2.01. The molecule has 7 nitrogen and oxygen atoms in total. The fraction of sp³-hybridized carbons (Fsp3) is 0.0526. The SMILES string of the molecule is Nc1ncnc2n[nH]c(-c3ccc4nc(Cc5ccccc5Cl)[nH]c4c3)c12. The van der Waals surface area contributed by atoms with Crippen molar-refractivity contribution in [2.75, 3.05) is 5.73 Å². The number of benzene rings is 2. The van der Waals surface area contributed by atoms with Gasteiger partial charge in [-0.1, -0.05) is 35.9 Å². The molecule has 0 bridgehead atoms. The zero-order valence-electron chi connectivity index (χ0n) is 14.1. The molecule has 0 aliphatic rings. The van der Waals surface area contributed by atoms with Crippen LogP contribution in [-0.4, -0.2) is 30.1 Å². The van der Waals surface area contributed by atoms with Crippen molar-refractivity contribution in [3.8, 4) is 11.3 Å². The highest BCUT2D eigenvalue weighted by Crippen LogP contribution is 2.30. The van der Waals surface area contributed by atoms with Gasteiger partial charge >= 0.3 is 0 Å². The van der Waals surface area contributed by atoms with E-state index in [0.29, 0.717) is 23.3 Å². The van der Waals surface area contributed by atoms with Gasteiger partial charge in [-0.2, -0.15) is 5.10 Å². The van der Waals surface area contributed by atoms with Gasteiger partial charge in [0.1, 0.15) is 18.0 Å². The summed E-state index contributed by atoms with van der Waals surface area (Å²) < 4.78 is 0. The van der Waals surface area contributed by atoms with Gasteiger partial charge < -0.3 is 10.7 Å². The zero-order chi connectivity index (χ0) is 18.4. The van der Waals surface area contributed by atoms with E-state index in [1.807, 2.05) is 42.5 Å². The second-order valence-corrected chi connectivity index (χ2v) is 6.65. The van der Waals surface area contributed by atoms with Crippen LogP contribution in [0.2, 0.25) is 5.02 Å². The number of aromatic nitrogens is 6. The number of nitrogens with one attached hydrogen (secondary N) is 2. The molecule has 5 rings (SSSR count). The molecule has 0 unspecified atom stereocenters. The summed E-state index contributed by atoms with van der Waals surface area (Å²) >= 11 is 6.26. The first-order valence-electron chi connectivity index (χ1n) is 8.36. The average molecular weight is 376 g/mol. The normalized spacial score (nSPS) is 11.4. The summed E-state index contributed by atoms with van der Waals surface area (Å²) in [5, 5.41) is 8.67. The maximum Gasteiger partial charge on any atom is 0.186 e. The molecule has 0 radical (unpaired) electrons. The van der Waals surface area contributed by atoms with Crippen molar-refractivity contribution >= 4 is 39.5 Å². The summed E-state index contributed by atoms with van der Waals surface area (Å²) in [7, 11) is 0. The van der Waals surface area contributed by atoms with Gasteiger partial charge in [0.05, 0.1) is 22.1 Å². The summed E-state index contributed by atoms with van der Waals surface area (Å²) in [4.78, 5) is 16.2. The quantitative estimate of drug-likeness (QED) is 0.445. The van der Waals surface area contributed by atoms with E-state index in [0.717, 1.165) is 38.7 Å². The number of anilines is 1. The molecule has 132 valence electrons. The van der Waals surface area contributed by atoms with Crippen LogP contribution in [0.1, 0.15) is 11.4 Å². The monoisotopic (exact) mass is 375 g/mol. The van der Waals surface area contributed by atoms with Crippen molar-refractivity contribution in [1.29, 1.82) is 0 Å². The predicted molar refractivity (Wildman–Crippen MR) is 105 cm³/mol. The molecule has 0 spiro atoms. The molecule has 2 aromatic carbocycles. The number of fused-ring (bicyclic) bond motifs is 2. The molecule has 0 atom stereocenters. The van der Waals surface area contributed by atoms with Gasteiger partial charge in [-0.3, -0.25) is 5.10 Å². The van der Waals surface area contributed by atoms with Gasteiger partial charge in [0.25, 0.3) is 0 Å². The average Bonchev–Trinajstić information content (AvgIpc) is 3.27. The molecule has 3 heterocycles. The number of halogens is 1. The summed E-state index contributed by atoms with van der Waals surface area (Å²) in [6, 6.07) is 13.7. The van der Waals surface area contributed by atoms with Crippen molar-refractivity contribution in [1.82, 2.24) is 30.1 Å². The highest BCUT2D eigenvalue weighted by Gasteiger charge is 2.14.